The fourth-order valence-electron chi connectivity index (χ4n) is 6.18. The number of aryl methyl sites for hydroxylation is 2. The Labute approximate surface area is 204 Å². The Kier molecular flexibility index (Phi) is 8.85. The molecular weight excluding hydrogens is 434 g/mol. The maximum Gasteiger partial charge on any atom is 0.142 e. The predicted octanol–water partition coefficient (Wildman–Crippen LogP) is 9.67. The van der Waals surface area contributed by atoms with E-state index >= 15 is 0 Å². The Bertz CT molecular complexity index is 892. The van der Waals surface area contributed by atoms with E-state index in [9.17, 15) is 8.78 Å². The van der Waals surface area contributed by atoms with Gasteiger partial charge in [-0.2, -0.15) is 0 Å². The van der Waals surface area contributed by atoms with Crippen LogP contribution in [0.3, 0.4) is 0 Å². The van der Waals surface area contributed by atoms with Crippen molar-refractivity contribution >= 4 is 11.6 Å². The van der Waals surface area contributed by atoms with Gasteiger partial charge < -0.3 is 0 Å². The summed E-state index contributed by atoms with van der Waals surface area (Å²) in [6.45, 7) is 2.34. The fourth-order valence-corrected chi connectivity index (χ4v) is 6.30. The quantitative estimate of drug-likeness (QED) is 0.358. The Morgan fingerprint density at radius 2 is 1.36 bits per heavy atom. The average molecular weight is 473 g/mol. The summed E-state index contributed by atoms with van der Waals surface area (Å²) in [7, 11) is 0. The van der Waals surface area contributed by atoms with Crippen molar-refractivity contribution < 1.29 is 8.78 Å². The summed E-state index contributed by atoms with van der Waals surface area (Å²) in [5, 5.41) is 0.128. The highest BCUT2D eigenvalue weighted by molar-refractivity contribution is 6.30. The zero-order valence-electron chi connectivity index (χ0n) is 20.1. The van der Waals surface area contributed by atoms with Crippen molar-refractivity contribution in [1.82, 2.24) is 0 Å². The van der Waals surface area contributed by atoms with Crippen molar-refractivity contribution in [3.8, 4) is 0 Å². The lowest BCUT2D eigenvalue weighted by Crippen LogP contribution is -2.17. The van der Waals surface area contributed by atoms with E-state index < -0.39 is 5.82 Å². The second-order valence-electron chi connectivity index (χ2n) is 10.7. The molecule has 0 bridgehead atoms. The third-order valence-corrected chi connectivity index (χ3v) is 8.90. The highest BCUT2D eigenvalue weighted by Crippen LogP contribution is 2.40. The van der Waals surface area contributed by atoms with Gasteiger partial charge in [0.25, 0.3) is 0 Å². The van der Waals surface area contributed by atoms with Crippen LogP contribution in [0.2, 0.25) is 5.02 Å². The highest BCUT2D eigenvalue weighted by atomic mass is 35.5. The third-order valence-electron chi connectivity index (χ3n) is 8.59. The van der Waals surface area contributed by atoms with Crippen LogP contribution in [0.1, 0.15) is 100 Å². The summed E-state index contributed by atoms with van der Waals surface area (Å²) >= 11 is 5.75. The van der Waals surface area contributed by atoms with Crippen LogP contribution in [-0.2, 0) is 12.8 Å². The third kappa shape index (κ3) is 6.81. The molecule has 2 fully saturated rings. The molecule has 180 valence electrons. The highest BCUT2D eigenvalue weighted by Gasteiger charge is 2.25. The number of rotatable bonds is 8. The molecule has 0 unspecified atom stereocenters. The van der Waals surface area contributed by atoms with Gasteiger partial charge in [-0.25, -0.2) is 8.78 Å². The van der Waals surface area contributed by atoms with Crippen molar-refractivity contribution in [2.24, 2.45) is 17.8 Å². The Morgan fingerprint density at radius 1 is 0.727 bits per heavy atom. The number of halogens is 3. The van der Waals surface area contributed by atoms with Crippen LogP contribution >= 0.6 is 11.6 Å². The summed E-state index contributed by atoms with van der Waals surface area (Å²) in [6, 6.07) is 10.6. The van der Waals surface area contributed by atoms with Gasteiger partial charge in [-0.1, -0.05) is 81.7 Å². The van der Waals surface area contributed by atoms with Crippen molar-refractivity contribution in [2.45, 2.75) is 96.3 Å². The maximum atomic E-state index is 14.8. The molecule has 0 heterocycles. The molecule has 3 heteroatoms. The minimum Gasteiger partial charge on any atom is -0.207 e. The molecule has 0 saturated heterocycles. The lowest BCUT2D eigenvalue weighted by Gasteiger charge is -2.32. The van der Waals surface area contributed by atoms with E-state index in [1.165, 1.54) is 76.7 Å². The van der Waals surface area contributed by atoms with Crippen molar-refractivity contribution in [2.75, 3.05) is 0 Å². The van der Waals surface area contributed by atoms with Gasteiger partial charge in [-0.3, -0.25) is 0 Å². The summed E-state index contributed by atoms with van der Waals surface area (Å²) in [4.78, 5) is 0. The lowest BCUT2D eigenvalue weighted by molar-refractivity contribution is 0.227. The molecule has 0 spiro atoms. The van der Waals surface area contributed by atoms with E-state index in [2.05, 4.69) is 13.0 Å². The molecule has 4 rings (SSSR count). The normalized spacial score (nSPS) is 25.8. The van der Waals surface area contributed by atoms with Gasteiger partial charge in [0.1, 0.15) is 11.6 Å². The van der Waals surface area contributed by atoms with Crippen LogP contribution in [0.15, 0.2) is 36.4 Å². The first-order chi connectivity index (χ1) is 16.0. The van der Waals surface area contributed by atoms with Crippen molar-refractivity contribution in [3.05, 3.63) is 69.7 Å². The summed E-state index contributed by atoms with van der Waals surface area (Å²) in [5.41, 5.74) is 2.71. The first-order valence-electron chi connectivity index (χ1n) is 13.2. The molecule has 0 nitrogen and oxygen atoms in total. The van der Waals surface area contributed by atoms with E-state index in [1.54, 1.807) is 12.1 Å². The number of benzene rings is 2. The second kappa shape index (κ2) is 11.8. The van der Waals surface area contributed by atoms with Crippen LogP contribution in [0.5, 0.6) is 0 Å². The smallest absolute Gasteiger partial charge is 0.142 e. The molecule has 0 aromatic heterocycles. The van der Waals surface area contributed by atoms with E-state index in [0.717, 1.165) is 28.9 Å². The van der Waals surface area contributed by atoms with Gasteiger partial charge in [-0.05, 0) is 97.1 Å². The van der Waals surface area contributed by atoms with Gasteiger partial charge in [0.05, 0.1) is 5.02 Å². The van der Waals surface area contributed by atoms with Gasteiger partial charge in [0, 0.05) is 0 Å². The second-order valence-corrected chi connectivity index (χ2v) is 11.1. The summed E-state index contributed by atoms with van der Waals surface area (Å²) < 4.78 is 28.4. The van der Waals surface area contributed by atoms with Gasteiger partial charge in [0.2, 0.25) is 0 Å². The molecule has 0 amide bonds. The summed E-state index contributed by atoms with van der Waals surface area (Å²) in [6.07, 6.45) is 16.1. The first kappa shape index (κ1) is 24.7. The molecule has 0 atom stereocenters. The average Bonchev–Trinajstić information content (AvgIpc) is 2.84. The van der Waals surface area contributed by atoms with Crippen LogP contribution in [0.25, 0.3) is 0 Å². The van der Waals surface area contributed by atoms with E-state index in [0.29, 0.717) is 24.3 Å². The van der Waals surface area contributed by atoms with Crippen LogP contribution in [-0.4, -0.2) is 0 Å². The van der Waals surface area contributed by atoms with Gasteiger partial charge >= 0.3 is 0 Å². The van der Waals surface area contributed by atoms with Crippen LogP contribution in [0, 0.1) is 29.4 Å². The Morgan fingerprint density at radius 3 is 1.97 bits per heavy atom. The minimum atomic E-state index is -0.413. The molecule has 2 saturated carbocycles. The lowest BCUT2D eigenvalue weighted by atomic mass is 9.74. The van der Waals surface area contributed by atoms with Crippen LogP contribution < -0.4 is 0 Å². The Hall–Kier alpha value is -1.41. The maximum absolute atomic E-state index is 14.8. The zero-order valence-corrected chi connectivity index (χ0v) is 20.9. The van der Waals surface area contributed by atoms with Gasteiger partial charge in [-0.15, -0.1) is 0 Å². The van der Waals surface area contributed by atoms with Crippen molar-refractivity contribution in [3.63, 3.8) is 0 Å². The monoisotopic (exact) mass is 472 g/mol. The molecule has 0 radical (unpaired) electrons. The van der Waals surface area contributed by atoms with E-state index in [-0.39, 0.29) is 10.8 Å². The molecule has 2 aliphatic carbocycles. The fraction of sp³-hybridized carbons (Fsp3) is 0.600. The predicted molar refractivity (Wildman–Crippen MR) is 135 cm³/mol. The zero-order chi connectivity index (χ0) is 23.2. The molecule has 2 aromatic rings. The van der Waals surface area contributed by atoms with E-state index in [4.69, 9.17) is 11.6 Å². The number of hydrogen-bond donors (Lipinski definition) is 0. The topological polar surface area (TPSA) is 0 Å². The molecule has 33 heavy (non-hydrogen) atoms. The molecular formula is C30H39ClF2. The molecule has 2 aliphatic rings. The standard InChI is InChI=1S/C30H39ClF2/c1-2-21-3-5-22(6-4-21)7-8-23-9-13-25(14-10-23)27-17-16-26(29(32)20-27)15-11-24-12-18-28(31)30(33)19-24/h12,16-23,25H,2-11,13-15H2,1H3/t21-,22-,23?,25?. The SMILES string of the molecule is CC[C@H]1CC[C@H](CCC2CCC(c3ccc(CCc4ccc(Cl)c(F)c4)c(F)c3)CC2)CC1. The molecule has 2 aromatic carbocycles. The molecule has 0 N–H and O–H groups in total. The molecule has 0 aliphatic heterocycles. The largest absolute Gasteiger partial charge is 0.207 e. The minimum absolute atomic E-state index is 0.119. The first-order valence-corrected chi connectivity index (χ1v) is 13.6. The van der Waals surface area contributed by atoms with E-state index in [1.807, 2.05) is 12.1 Å². The van der Waals surface area contributed by atoms with Crippen LogP contribution in [0.4, 0.5) is 8.78 Å². The summed E-state index contributed by atoms with van der Waals surface area (Å²) in [5.74, 6) is 2.79. The van der Waals surface area contributed by atoms with Crippen molar-refractivity contribution in [1.29, 1.82) is 0 Å². The number of hydrogen-bond acceptors (Lipinski definition) is 0. The Balaban J connectivity index is 1.22. The van der Waals surface area contributed by atoms with Gasteiger partial charge in [0.15, 0.2) is 0 Å².